The van der Waals surface area contributed by atoms with Gasteiger partial charge in [-0.15, -0.1) is 0 Å². The number of carbonyl (C=O) groups excluding carboxylic acids is 1. The van der Waals surface area contributed by atoms with Gasteiger partial charge in [-0.1, -0.05) is 32.0 Å². The number of rotatable bonds is 7. The largest absolute Gasteiger partial charge is 0.491 e. The zero-order chi connectivity index (χ0) is 15.8. The van der Waals surface area contributed by atoms with Crippen LogP contribution in [0.15, 0.2) is 24.3 Å². The Hall–Kier alpha value is -1.75. The minimum absolute atomic E-state index is 0.0395. The number of para-hydroxylation sites is 1. The summed E-state index contributed by atoms with van der Waals surface area (Å²) < 4.78 is 5.67. The lowest BCUT2D eigenvalue weighted by Gasteiger charge is -2.26. The van der Waals surface area contributed by atoms with Gasteiger partial charge in [-0.25, -0.2) is 4.79 Å². The van der Waals surface area contributed by atoms with E-state index in [4.69, 9.17) is 4.74 Å². The van der Waals surface area contributed by atoms with E-state index in [9.17, 15) is 4.79 Å². The Kier molecular flexibility index (Phi) is 6.52. The van der Waals surface area contributed by atoms with E-state index in [-0.39, 0.29) is 12.1 Å². The maximum absolute atomic E-state index is 11.9. The molecule has 0 fully saturated rings. The molecule has 5 nitrogen and oxygen atoms in total. The molecule has 0 saturated carbocycles. The molecule has 1 heterocycles. The van der Waals surface area contributed by atoms with Crippen molar-refractivity contribution in [3.8, 4) is 5.75 Å². The van der Waals surface area contributed by atoms with E-state index in [1.165, 1.54) is 0 Å². The third-order valence-electron chi connectivity index (χ3n) is 4.05. The van der Waals surface area contributed by atoms with Crippen LogP contribution in [0.3, 0.4) is 0 Å². The summed E-state index contributed by atoms with van der Waals surface area (Å²) in [5, 5.41) is 5.91. The molecule has 1 atom stereocenters. The van der Waals surface area contributed by atoms with E-state index in [0.717, 1.165) is 43.8 Å². The van der Waals surface area contributed by atoms with Crippen molar-refractivity contribution in [3.05, 3.63) is 29.8 Å². The van der Waals surface area contributed by atoms with Gasteiger partial charge >= 0.3 is 6.03 Å². The first-order valence-electron chi connectivity index (χ1n) is 8.20. The Balaban J connectivity index is 1.66. The van der Waals surface area contributed by atoms with Gasteiger partial charge in [0.1, 0.15) is 12.4 Å². The summed E-state index contributed by atoms with van der Waals surface area (Å²) in [6.45, 7) is 8.68. The van der Waals surface area contributed by atoms with Gasteiger partial charge in [-0.3, -0.25) is 0 Å². The van der Waals surface area contributed by atoms with Crippen molar-refractivity contribution >= 4 is 6.03 Å². The smallest absolute Gasteiger partial charge is 0.315 e. The van der Waals surface area contributed by atoms with Gasteiger partial charge in [-0.2, -0.15) is 0 Å². The molecule has 0 bridgehead atoms. The molecule has 0 saturated heterocycles. The number of nitrogens with zero attached hydrogens (tertiary/aromatic N) is 1. The van der Waals surface area contributed by atoms with Crippen molar-refractivity contribution in [2.75, 3.05) is 32.8 Å². The molecular formula is C17H27N3O2. The predicted molar refractivity (Wildman–Crippen MR) is 88.4 cm³/mol. The van der Waals surface area contributed by atoms with E-state index in [1.807, 2.05) is 24.3 Å². The average Bonchev–Trinajstić information content (AvgIpc) is 2.55. The Morgan fingerprint density at radius 1 is 1.32 bits per heavy atom. The summed E-state index contributed by atoms with van der Waals surface area (Å²) in [7, 11) is 0. The summed E-state index contributed by atoms with van der Waals surface area (Å²) in [5.41, 5.74) is 1.15. The number of hydrogen-bond acceptors (Lipinski definition) is 3. The van der Waals surface area contributed by atoms with Crippen molar-refractivity contribution in [2.24, 2.45) is 0 Å². The van der Waals surface area contributed by atoms with Crippen molar-refractivity contribution in [1.82, 2.24) is 15.5 Å². The van der Waals surface area contributed by atoms with Crippen molar-refractivity contribution in [3.63, 3.8) is 0 Å². The Morgan fingerprint density at radius 3 is 2.86 bits per heavy atom. The second kappa shape index (κ2) is 8.63. The van der Waals surface area contributed by atoms with Crippen LogP contribution in [0, 0.1) is 0 Å². The summed E-state index contributed by atoms with van der Waals surface area (Å²) in [5.74, 6) is 0.931. The molecule has 0 aromatic heterocycles. The number of hydrogen-bond donors (Lipinski definition) is 2. The summed E-state index contributed by atoms with van der Waals surface area (Å²) in [4.78, 5) is 14.3. The molecule has 0 spiro atoms. The first kappa shape index (κ1) is 16.6. The molecule has 0 aliphatic carbocycles. The molecule has 2 N–H and O–H groups in total. The first-order chi connectivity index (χ1) is 10.7. The number of fused-ring (bicyclic) bond motifs is 1. The lowest BCUT2D eigenvalue weighted by molar-refractivity contribution is 0.213. The predicted octanol–water partition coefficient (Wildman–Crippen LogP) is 2.02. The van der Waals surface area contributed by atoms with E-state index in [2.05, 4.69) is 29.4 Å². The highest BCUT2D eigenvalue weighted by atomic mass is 16.5. The van der Waals surface area contributed by atoms with E-state index < -0.39 is 0 Å². The lowest BCUT2D eigenvalue weighted by Crippen LogP contribution is -2.47. The minimum atomic E-state index is -0.104. The molecule has 1 aliphatic heterocycles. The molecule has 5 heteroatoms. The molecular weight excluding hydrogens is 278 g/mol. The maximum Gasteiger partial charge on any atom is 0.315 e. The fraction of sp³-hybridized carbons (Fsp3) is 0.588. The molecule has 0 radical (unpaired) electrons. The number of amides is 2. The van der Waals surface area contributed by atoms with E-state index in [0.29, 0.717) is 13.2 Å². The Morgan fingerprint density at radius 2 is 2.09 bits per heavy atom. The number of nitrogens with one attached hydrogen (secondary N) is 2. The normalized spacial score (nSPS) is 16.8. The summed E-state index contributed by atoms with van der Waals surface area (Å²) >= 11 is 0. The number of carbonyl (C=O) groups is 1. The highest BCUT2D eigenvalue weighted by Gasteiger charge is 2.20. The van der Waals surface area contributed by atoms with Crippen LogP contribution in [0.5, 0.6) is 5.75 Å². The molecule has 2 amide bonds. The SMILES string of the molecule is CCN(CC)CCCNC(=O)NC1COc2ccccc2C1. The highest BCUT2D eigenvalue weighted by Crippen LogP contribution is 2.23. The minimum Gasteiger partial charge on any atom is -0.491 e. The summed E-state index contributed by atoms with van der Waals surface area (Å²) in [6.07, 6.45) is 1.79. The van der Waals surface area contributed by atoms with Crippen LogP contribution in [-0.4, -0.2) is 49.8 Å². The highest BCUT2D eigenvalue weighted by molar-refractivity contribution is 5.74. The molecule has 2 rings (SSSR count). The number of benzene rings is 1. The first-order valence-corrected chi connectivity index (χ1v) is 8.20. The molecule has 1 unspecified atom stereocenters. The van der Waals surface area contributed by atoms with Crippen LogP contribution in [-0.2, 0) is 6.42 Å². The van der Waals surface area contributed by atoms with Gasteiger partial charge in [0, 0.05) is 6.54 Å². The van der Waals surface area contributed by atoms with E-state index in [1.54, 1.807) is 0 Å². The maximum atomic E-state index is 11.9. The van der Waals surface area contributed by atoms with Crippen molar-refractivity contribution < 1.29 is 9.53 Å². The van der Waals surface area contributed by atoms with Crippen LogP contribution < -0.4 is 15.4 Å². The monoisotopic (exact) mass is 305 g/mol. The molecule has 1 aromatic rings. The van der Waals surface area contributed by atoms with E-state index >= 15 is 0 Å². The van der Waals surface area contributed by atoms with Crippen LogP contribution in [0.2, 0.25) is 0 Å². The van der Waals surface area contributed by atoms with Gasteiger partial charge in [0.05, 0.1) is 6.04 Å². The Bertz CT molecular complexity index is 475. The molecule has 22 heavy (non-hydrogen) atoms. The zero-order valence-corrected chi connectivity index (χ0v) is 13.6. The van der Waals surface area contributed by atoms with Gasteiger partial charge < -0.3 is 20.3 Å². The molecule has 1 aromatic carbocycles. The standard InChI is InChI=1S/C17H27N3O2/c1-3-20(4-2)11-7-10-18-17(21)19-15-12-14-8-5-6-9-16(14)22-13-15/h5-6,8-9,15H,3-4,7,10-13H2,1-2H3,(H2,18,19,21). The lowest BCUT2D eigenvalue weighted by atomic mass is 10.0. The topological polar surface area (TPSA) is 53.6 Å². The fourth-order valence-corrected chi connectivity index (χ4v) is 2.70. The van der Waals surface area contributed by atoms with Crippen LogP contribution in [0.4, 0.5) is 4.79 Å². The van der Waals surface area contributed by atoms with Gasteiger partial charge in [0.2, 0.25) is 0 Å². The third-order valence-corrected chi connectivity index (χ3v) is 4.05. The van der Waals surface area contributed by atoms with Gasteiger partial charge in [0.25, 0.3) is 0 Å². The second-order valence-corrected chi connectivity index (χ2v) is 5.60. The quantitative estimate of drug-likeness (QED) is 0.758. The Labute approximate surface area is 133 Å². The number of urea groups is 1. The molecule has 122 valence electrons. The van der Waals surface area contributed by atoms with Crippen LogP contribution >= 0.6 is 0 Å². The number of ether oxygens (including phenoxy) is 1. The van der Waals surface area contributed by atoms with Gasteiger partial charge in [-0.05, 0) is 44.1 Å². The average molecular weight is 305 g/mol. The molecule has 1 aliphatic rings. The van der Waals surface area contributed by atoms with Crippen LogP contribution in [0.25, 0.3) is 0 Å². The van der Waals surface area contributed by atoms with Crippen molar-refractivity contribution in [1.29, 1.82) is 0 Å². The fourth-order valence-electron chi connectivity index (χ4n) is 2.70. The van der Waals surface area contributed by atoms with Gasteiger partial charge in [0.15, 0.2) is 0 Å². The van der Waals surface area contributed by atoms with Crippen LogP contribution in [0.1, 0.15) is 25.8 Å². The zero-order valence-electron chi connectivity index (χ0n) is 13.6. The second-order valence-electron chi connectivity index (χ2n) is 5.60. The van der Waals surface area contributed by atoms with Crippen molar-refractivity contribution in [2.45, 2.75) is 32.7 Å². The third kappa shape index (κ3) is 4.91. The summed E-state index contributed by atoms with van der Waals surface area (Å²) in [6, 6.07) is 7.92.